The number of hydrogen-bond donors (Lipinski definition) is 2. The predicted molar refractivity (Wildman–Crippen MR) is 80.5 cm³/mol. The van der Waals surface area contributed by atoms with E-state index in [2.05, 4.69) is 26.6 Å². The second kappa shape index (κ2) is 7.40. The van der Waals surface area contributed by atoms with Gasteiger partial charge >= 0.3 is 0 Å². The van der Waals surface area contributed by atoms with Crippen molar-refractivity contribution < 1.29 is 9.59 Å². The van der Waals surface area contributed by atoms with Gasteiger partial charge in [-0.25, -0.2) is 0 Å². The van der Waals surface area contributed by atoms with Crippen molar-refractivity contribution in [3.8, 4) is 0 Å². The molecule has 0 bridgehead atoms. The van der Waals surface area contributed by atoms with E-state index in [1.807, 2.05) is 6.07 Å². The maximum absolute atomic E-state index is 12.0. The van der Waals surface area contributed by atoms with Gasteiger partial charge in [0.25, 0.3) is 5.91 Å². The molecule has 1 aliphatic heterocycles. The molecular weight excluding hydrogens is 322 g/mol. The van der Waals surface area contributed by atoms with Gasteiger partial charge in [-0.2, -0.15) is 0 Å². The van der Waals surface area contributed by atoms with Crippen LogP contribution in [-0.2, 0) is 4.79 Å². The molecule has 2 rings (SSSR count). The molecular formula is C14H18BrN3O2. The summed E-state index contributed by atoms with van der Waals surface area (Å²) in [6.45, 7) is 3.25. The van der Waals surface area contributed by atoms with E-state index in [0.29, 0.717) is 12.1 Å². The Morgan fingerprint density at radius 1 is 1.30 bits per heavy atom. The molecule has 5 nitrogen and oxygen atoms in total. The number of carbonyl (C=O) groups excluding carboxylic acids is 2. The fourth-order valence-electron chi connectivity index (χ4n) is 2.09. The largest absolute Gasteiger partial charge is 0.343 e. The van der Waals surface area contributed by atoms with Crippen molar-refractivity contribution in [3.05, 3.63) is 34.3 Å². The molecule has 0 aromatic heterocycles. The van der Waals surface area contributed by atoms with Gasteiger partial charge in [0.1, 0.15) is 0 Å². The van der Waals surface area contributed by atoms with Crippen LogP contribution in [0.1, 0.15) is 16.8 Å². The first-order chi connectivity index (χ1) is 9.66. The Hall–Kier alpha value is -1.40. The van der Waals surface area contributed by atoms with Gasteiger partial charge in [-0.1, -0.05) is 22.0 Å². The summed E-state index contributed by atoms with van der Waals surface area (Å²) in [7, 11) is 0. The molecule has 0 spiro atoms. The molecule has 0 radical (unpaired) electrons. The lowest BCUT2D eigenvalue weighted by molar-refractivity contribution is -0.129. The van der Waals surface area contributed by atoms with E-state index in [1.54, 1.807) is 23.1 Å². The highest BCUT2D eigenvalue weighted by molar-refractivity contribution is 9.10. The highest BCUT2D eigenvalue weighted by atomic mass is 79.9. The first-order valence-electron chi connectivity index (χ1n) is 6.69. The van der Waals surface area contributed by atoms with Crippen molar-refractivity contribution in [1.82, 2.24) is 15.5 Å². The zero-order chi connectivity index (χ0) is 14.4. The molecule has 0 aliphatic carbocycles. The van der Waals surface area contributed by atoms with Crippen molar-refractivity contribution in [2.75, 3.05) is 32.7 Å². The van der Waals surface area contributed by atoms with Crippen molar-refractivity contribution in [3.63, 3.8) is 0 Å². The average Bonchev–Trinajstić information content (AvgIpc) is 2.73. The van der Waals surface area contributed by atoms with Crippen LogP contribution in [0.4, 0.5) is 0 Å². The number of carbonyl (C=O) groups is 2. The van der Waals surface area contributed by atoms with Crippen molar-refractivity contribution in [2.45, 2.75) is 6.42 Å². The second-order valence-electron chi connectivity index (χ2n) is 4.68. The lowest BCUT2D eigenvalue weighted by atomic mass is 10.2. The van der Waals surface area contributed by atoms with Gasteiger partial charge in [0.05, 0.1) is 6.54 Å². The minimum atomic E-state index is -0.229. The van der Waals surface area contributed by atoms with E-state index in [0.717, 1.165) is 30.5 Å². The van der Waals surface area contributed by atoms with E-state index < -0.39 is 0 Å². The van der Waals surface area contributed by atoms with Gasteiger partial charge in [-0.05, 0) is 31.2 Å². The van der Waals surface area contributed by atoms with Crippen molar-refractivity contribution in [1.29, 1.82) is 0 Å². The van der Waals surface area contributed by atoms with Crippen LogP contribution in [0.2, 0.25) is 0 Å². The Bertz CT molecular complexity index is 485. The van der Waals surface area contributed by atoms with Crippen molar-refractivity contribution >= 4 is 27.7 Å². The van der Waals surface area contributed by atoms with Crippen LogP contribution in [0.15, 0.2) is 28.7 Å². The molecule has 1 heterocycles. The van der Waals surface area contributed by atoms with Gasteiger partial charge in [0, 0.05) is 29.7 Å². The zero-order valence-electron chi connectivity index (χ0n) is 11.2. The lowest BCUT2D eigenvalue weighted by Crippen LogP contribution is -2.41. The number of nitrogens with one attached hydrogen (secondary N) is 2. The molecule has 108 valence electrons. The average molecular weight is 340 g/mol. The van der Waals surface area contributed by atoms with E-state index in [9.17, 15) is 9.59 Å². The molecule has 1 saturated heterocycles. The SMILES string of the molecule is O=C(NCC(=O)N1CCCNCC1)c1cccc(Br)c1. The summed E-state index contributed by atoms with van der Waals surface area (Å²) in [5.41, 5.74) is 0.546. The lowest BCUT2D eigenvalue weighted by Gasteiger charge is -2.20. The van der Waals surface area contributed by atoms with E-state index in [4.69, 9.17) is 0 Å². The third-order valence-electron chi connectivity index (χ3n) is 3.18. The Morgan fingerprint density at radius 2 is 2.15 bits per heavy atom. The van der Waals surface area contributed by atoms with Crippen LogP contribution in [0.25, 0.3) is 0 Å². The van der Waals surface area contributed by atoms with Crippen LogP contribution in [-0.4, -0.2) is 49.4 Å². The Kier molecular flexibility index (Phi) is 5.55. The molecule has 6 heteroatoms. The fourth-order valence-corrected chi connectivity index (χ4v) is 2.49. The number of rotatable bonds is 3. The molecule has 0 unspecified atom stereocenters. The second-order valence-corrected chi connectivity index (χ2v) is 5.59. The Labute approximate surface area is 126 Å². The van der Waals surface area contributed by atoms with E-state index in [-0.39, 0.29) is 18.4 Å². The molecule has 2 amide bonds. The van der Waals surface area contributed by atoms with Crippen LogP contribution < -0.4 is 10.6 Å². The summed E-state index contributed by atoms with van der Waals surface area (Å²) in [5.74, 6) is -0.260. The molecule has 1 aromatic carbocycles. The zero-order valence-corrected chi connectivity index (χ0v) is 12.8. The van der Waals surface area contributed by atoms with Gasteiger partial charge in [-0.3, -0.25) is 9.59 Å². The molecule has 0 saturated carbocycles. The van der Waals surface area contributed by atoms with Gasteiger partial charge < -0.3 is 15.5 Å². The van der Waals surface area contributed by atoms with E-state index in [1.165, 1.54) is 0 Å². The third-order valence-corrected chi connectivity index (χ3v) is 3.67. The monoisotopic (exact) mass is 339 g/mol. The molecule has 20 heavy (non-hydrogen) atoms. The number of hydrogen-bond acceptors (Lipinski definition) is 3. The summed E-state index contributed by atoms with van der Waals surface area (Å²) < 4.78 is 0.843. The summed E-state index contributed by atoms with van der Waals surface area (Å²) in [6.07, 6.45) is 0.950. The van der Waals surface area contributed by atoms with Gasteiger partial charge in [-0.15, -0.1) is 0 Å². The normalized spacial score (nSPS) is 15.6. The maximum Gasteiger partial charge on any atom is 0.251 e. The molecule has 2 N–H and O–H groups in total. The minimum Gasteiger partial charge on any atom is -0.343 e. The first-order valence-corrected chi connectivity index (χ1v) is 7.48. The molecule has 1 aromatic rings. The molecule has 1 fully saturated rings. The maximum atomic E-state index is 12.0. The van der Waals surface area contributed by atoms with Crippen LogP contribution >= 0.6 is 15.9 Å². The van der Waals surface area contributed by atoms with E-state index >= 15 is 0 Å². The Morgan fingerprint density at radius 3 is 2.95 bits per heavy atom. The van der Waals surface area contributed by atoms with Gasteiger partial charge in [0.15, 0.2) is 0 Å². The predicted octanol–water partition coefficient (Wildman–Crippen LogP) is 1.00. The topological polar surface area (TPSA) is 61.4 Å². The highest BCUT2D eigenvalue weighted by Crippen LogP contribution is 2.11. The van der Waals surface area contributed by atoms with Crippen LogP contribution in [0.5, 0.6) is 0 Å². The number of nitrogens with zero attached hydrogens (tertiary/aromatic N) is 1. The molecule has 1 aliphatic rings. The summed E-state index contributed by atoms with van der Waals surface area (Å²) >= 11 is 3.32. The number of benzene rings is 1. The fraction of sp³-hybridized carbons (Fsp3) is 0.429. The Balaban J connectivity index is 1.84. The van der Waals surface area contributed by atoms with Gasteiger partial charge in [0.2, 0.25) is 5.91 Å². The first kappa shape index (κ1) is 15.0. The summed E-state index contributed by atoms with van der Waals surface area (Å²) in [5, 5.41) is 5.91. The minimum absolute atomic E-state index is 0.0305. The smallest absolute Gasteiger partial charge is 0.251 e. The summed E-state index contributed by atoms with van der Waals surface area (Å²) in [4.78, 5) is 25.8. The number of amides is 2. The van der Waals surface area contributed by atoms with Crippen molar-refractivity contribution in [2.24, 2.45) is 0 Å². The summed E-state index contributed by atoms with van der Waals surface area (Å²) in [6, 6.07) is 7.10. The third kappa shape index (κ3) is 4.31. The van der Waals surface area contributed by atoms with Crippen LogP contribution in [0, 0.1) is 0 Å². The van der Waals surface area contributed by atoms with Crippen LogP contribution in [0.3, 0.4) is 0 Å². The number of halogens is 1. The standard InChI is InChI=1S/C14H18BrN3O2/c15-12-4-1-3-11(9-12)14(20)17-10-13(19)18-7-2-5-16-6-8-18/h1,3-4,9,16H,2,5-8,10H2,(H,17,20). The highest BCUT2D eigenvalue weighted by Gasteiger charge is 2.16. The molecule has 0 atom stereocenters. The quantitative estimate of drug-likeness (QED) is 0.863.